The first-order chi connectivity index (χ1) is 13.8. The zero-order chi connectivity index (χ0) is 20.7. The van der Waals surface area contributed by atoms with E-state index in [9.17, 15) is 4.79 Å². The lowest BCUT2D eigenvalue weighted by atomic mass is 10.2. The summed E-state index contributed by atoms with van der Waals surface area (Å²) in [6.07, 6.45) is 1.50. The molecule has 1 amide bonds. The molecule has 0 aliphatic rings. The first kappa shape index (κ1) is 19.1. The molecule has 148 valence electrons. The molecule has 1 N–H and O–H groups in total. The van der Waals surface area contributed by atoms with E-state index in [-0.39, 0.29) is 5.91 Å². The summed E-state index contributed by atoms with van der Waals surface area (Å²) in [6, 6.07) is 9.59. The number of pyridine rings is 1. The molecule has 0 atom stereocenters. The molecule has 8 heteroatoms. The van der Waals surface area contributed by atoms with Crippen molar-refractivity contribution in [3.8, 4) is 0 Å². The summed E-state index contributed by atoms with van der Waals surface area (Å²) >= 11 is 6.60. The van der Waals surface area contributed by atoms with E-state index >= 15 is 0 Å². The van der Waals surface area contributed by atoms with Crippen LogP contribution in [0.2, 0.25) is 5.02 Å². The van der Waals surface area contributed by atoms with Gasteiger partial charge in [-0.25, -0.2) is 9.67 Å². The van der Waals surface area contributed by atoms with Crippen molar-refractivity contribution in [2.75, 3.05) is 5.32 Å². The molecule has 7 nitrogen and oxygen atoms in total. The van der Waals surface area contributed by atoms with Crippen LogP contribution in [0.4, 0.5) is 5.69 Å². The Balaban J connectivity index is 1.67. The number of nitrogens with one attached hydrogen (secondary N) is 1. The van der Waals surface area contributed by atoms with Crippen molar-refractivity contribution in [1.29, 1.82) is 0 Å². The third-order valence-corrected chi connectivity index (χ3v) is 5.30. The quantitative estimate of drug-likeness (QED) is 0.552. The number of carbonyl (C=O) groups is 1. The number of aryl methyl sites for hydroxylation is 4. The second-order valence-corrected chi connectivity index (χ2v) is 7.53. The van der Waals surface area contributed by atoms with Crippen LogP contribution in [0.25, 0.3) is 11.0 Å². The lowest BCUT2D eigenvalue weighted by Gasteiger charge is -2.08. The van der Waals surface area contributed by atoms with Crippen LogP contribution in [-0.2, 0) is 13.6 Å². The molecule has 4 rings (SSSR count). The molecule has 3 aromatic heterocycles. The van der Waals surface area contributed by atoms with E-state index in [1.54, 1.807) is 4.68 Å². The number of aromatic nitrogens is 5. The second kappa shape index (κ2) is 7.33. The monoisotopic (exact) mass is 408 g/mol. The van der Waals surface area contributed by atoms with Gasteiger partial charge in [0, 0.05) is 24.6 Å². The van der Waals surface area contributed by atoms with Crippen LogP contribution in [0.15, 0.2) is 36.5 Å². The van der Waals surface area contributed by atoms with Crippen LogP contribution in [0, 0.1) is 20.8 Å². The molecule has 0 aliphatic heterocycles. The number of halogens is 1. The number of anilines is 1. The zero-order valence-corrected chi connectivity index (χ0v) is 17.4. The minimum absolute atomic E-state index is 0.305. The highest BCUT2D eigenvalue weighted by atomic mass is 35.5. The van der Waals surface area contributed by atoms with Crippen LogP contribution in [0.5, 0.6) is 0 Å². The lowest BCUT2D eigenvalue weighted by molar-refractivity contribution is 0.102. The average Bonchev–Trinajstić information content (AvgIpc) is 3.16. The molecular formula is C21H21ClN6O. The third kappa shape index (κ3) is 3.61. The van der Waals surface area contributed by atoms with E-state index in [0.717, 1.165) is 22.6 Å². The molecule has 1 aromatic carbocycles. The number of benzene rings is 1. The molecule has 0 saturated heterocycles. The van der Waals surface area contributed by atoms with Crippen LogP contribution in [-0.4, -0.2) is 30.5 Å². The van der Waals surface area contributed by atoms with E-state index in [0.29, 0.717) is 33.9 Å². The van der Waals surface area contributed by atoms with Gasteiger partial charge in [-0.05, 0) is 39.0 Å². The number of nitrogens with zero attached hydrogens (tertiary/aromatic N) is 5. The molecule has 0 spiro atoms. The molecule has 0 fully saturated rings. The van der Waals surface area contributed by atoms with Crippen molar-refractivity contribution in [1.82, 2.24) is 24.5 Å². The highest BCUT2D eigenvalue weighted by Gasteiger charge is 2.20. The van der Waals surface area contributed by atoms with Crippen LogP contribution in [0.1, 0.15) is 33.0 Å². The molecule has 0 radical (unpaired) electrons. The molecule has 4 aromatic rings. The Kier molecular flexibility index (Phi) is 4.84. The number of hydrogen-bond acceptors (Lipinski definition) is 4. The summed E-state index contributed by atoms with van der Waals surface area (Å²) < 4.78 is 3.59. The maximum atomic E-state index is 12.7. The molecular weight excluding hydrogens is 388 g/mol. The first-order valence-corrected chi connectivity index (χ1v) is 9.60. The van der Waals surface area contributed by atoms with Gasteiger partial charge in [-0.2, -0.15) is 10.2 Å². The Morgan fingerprint density at radius 3 is 2.52 bits per heavy atom. The Labute approximate surface area is 173 Å². The Bertz CT molecular complexity index is 1200. The summed E-state index contributed by atoms with van der Waals surface area (Å²) in [5.41, 5.74) is 5.43. The molecule has 29 heavy (non-hydrogen) atoms. The van der Waals surface area contributed by atoms with Gasteiger partial charge in [0.2, 0.25) is 0 Å². The minimum Gasteiger partial charge on any atom is -0.322 e. The maximum Gasteiger partial charge on any atom is 0.258 e. The van der Waals surface area contributed by atoms with Gasteiger partial charge < -0.3 is 5.32 Å². The summed E-state index contributed by atoms with van der Waals surface area (Å²) in [6.45, 7) is 6.33. The van der Waals surface area contributed by atoms with E-state index in [1.165, 1.54) is 6.20 Å². The second-order valence-electron chi connectivity index (χ2n) is 7.15. The highest BCUT2D eigenvalue weighted by Crippen LogP contribution is 2.29. The fraction of sp³-hybridized carbons (Fsp3) is 0.238. The smallest absolute Gasteiger partial charge is 0.258 e. The number of fused-ring (bicyclic) bond motifs is 1. The van der Waals surface area contributed by atoms with Crippen molar-refractivity contribution in [3.63, 3.8) is 0 Å². The fourth-order valence-corrected chi connectivity index (χ4v) is 3.60. The van der Waals surface area contributed by atoms with Crippen molar-refractivity contribution >= 4 is 34.2 Å². The summed E-state index contributed by atoms with van der Waals surface area (Å²) in [7, 11) is 1.90. The van der Waals surface area contributed by atoms with Crippen molar-refractivity contribution in [2.24, 2.45) is 7.05 Å². The topological polar surface area (TPSA) is 77.6 Å². The summed E-state index contributed by atoms with van der Waals surface area (Å²) in [5, 5.41) is 12.9. The van der Waals surface area contributed by atoms with Gasteiger partial charge in [0.1, 0.15) is 0 Å². The third-order valence-electron chi connectivity index (χ3n) is 4.90. The number of rotatable bonds is 4. The molecule has 0 aliphatic carbocycles. The average molecular weight is 409 g/mol. The van der Waals surface area contributed by atoms with Gasteiger partial charge >= 0.3 is 0 Å². The van der Waals surface area contributed by atoms with Gasteiger partial charge in [0.25, 0.3) is 5.91 Å². The SMILES string of the molecule is Cc1ccc(NC(=O)c2cnc3c(c(C)nn3Cc3cc(C)n(C)n3)c2Cl)cc1. The van der Waals surface area contributed by atoms with Gasteiger partial charge in [0.15, 0.2) is 5.65 Å². The number of hydrogen-bond donors (Lipinski definition) is 1. The minimum atomic E-state index is -0.305. The fourth-order valence-electron chi connectivity index (χ4n) is 3.24. The molecule has 0 saturated carbocycles. The summed E-state index contributed by atoms with van der Waals surface area (Å²) in [4.78, 5) is 17.2. The maximum absolute atomic E-state index is 12.7. The lowest BCUT2D eigenvalue weighted by Crippen LogP contribution is -2.13. The molecule has 0 bridgehead atoms. The van der Waals surface area contributed by atoms with Crippen LogP contribution < -0.4 is 5.32 Å². The van der Waals surface area contributed by atoms with Crippen LogP contribution in [0.3, 0.4) is 0 Å². The van der Waals surface area contributed by atoms with E-state index in [2.05, 4.69) is 20.5 Å². The van der Waals surface area contributed by atoms with Crippen molar-refractivity contribution in [2.45, 2.75) is 27.3 Å². The van der Waals surface area contributed by atoms with Gasteiger partial charge in [-0.3, -0.25) is 9.48 Å². The standard InChI is InChI=1S/C21H21ClN6O/c1-12-5-7-15(8-6-12)24-21(29)17-10-23-20-18(19(17)22)14(3)25-28(20)11-16-9-13(2)27(4)26-16/h5-10H,11H2,1-4H3,(H,24,29). The van der Waals surface area contributed by atoms with Gasteiger partial charge in [0.05, 0.1) is 33.9 Å². The van der Waals surface area contributed by atoms with E-state index in [1.807, 2.05) is 62.8 Å². The Morgan fingerprint density at radius 2 is 1.86 bits per heavy atom. The van der Waals surface area contributed by atoms with Gasteiger partial charge in [-0.1, -0.05) is 29.3 Å². The van der Waals surface area contributed by atoms with Gasteiger partial charge in [-0.15, -0.1) is 0 Å². The molecule has 0 unspecified atom stereocenters. The zero-order valence-electron chi connectivity index (χ0n) is 16.7. The van der Waals surface area contributed by atoms with Crippen LogP contribution >= 0.6 is 11.6 Å². The number of amides is 1. The predicted octanol–water partition coefficient (Wildman–Crippen LogP) is 4.04. The first-order valence-electron chi connectivity index (χ1n) is 9.22. The van der Waals surface area contributed by atoms with Crippen molar-refractivity contribution < 1.29 is 4.79 Å². The highest BCUT2D eigenvalue weighted by molar-refractivity contribution is 6.39. The summed E-state index contributed by atoms with van der Waals surface area (Å²) in [5.74, 6) is -0.305. The number of carbonyl (C=O) groups excluding carboxylic acids is 1. The Hall–Kier alpha value is -3.19. The Morgan fingerprint density at radius 1 is 1.14 bits per heavy atom. The molecule has 3 heterocycles. The van der Waals surface area contributed by atoms with E-state index < -0.39 is 0 Å². The predicted molar refractivity (Wildman–Crippen MR) is 113 cm³/mol. The van der Waals surface area contributed by atoms with E-state index in [4.69, 9.17) is 11.6 Å². The normalized spacial score (nSPS) is 11.2. The van der Waals surface area contributed by atoms with Crippen molar-refractivity contribution in [3.05, 3.63) is 69.8 Å². The largest absolute Gasteiger partial charge is 0.322 e.